The largest absolute Gasteiger partial charge is 0.386 e. The summed E-state index contributed by atoms with van der Waals surface area (Å²) < 4.78 is 0. The Morgan fingerprint density at radius 3 is 2.36 bits per heavy atom. The zero-order valence-corrected chi connectivity index (χ0v) is 9.76. The van der Waals surface area contributed by atoms with E-state index in [1.54, 1.807) is 20.0 Å². The Morgan fingerprint density at radius 2 is 2.00 bits per heavy atom. The van der Waals surface area contributed by atoms with E-state index in [1.165, 1.54) is 0 Å². The van der Waals surface area contributed by atoms with Gasteiger partial charge in [0.1, 0.15) is 0 Å². The maximum absolute atomic E-state index is 9.77. The van der Waals surface area contributed by atoms with Crippen molar-refractivity contribution in [2.75, 3.05) is 0 Å². The summed E-state index contributed by atoms with van der Waals surface area (Å²) >= 11 is 6.06. The van der Waals surface area contributed by atoms with Crippen LogP contribution in [-0.4, -0.2) is 10.1 Å². The van der Waals surface area contributed by atoms with Gasteiger partial charge in [0, 0.05) is 22.5 Å². The van der Waals surface area contributed by atoms with Gasteiger partial charge in [-0.15, -0.1) is 0 Å². The fraction of sp³-hybridized carbons (Fsp3) is 0.545. The molecule has 1 aromatic heterocycles. The molecule has 0 bridgehead atoms. The van der Waals surface area contributed by atoms with E-state index in [4.69, 9.17) is 11.6 Å². The Balaban J connectivity index is 3.15. The van der Waals surface area contributed by atoms with Gasteiger partial charge in [-0.3, -0.25) is 4.98 Å². The Morgan fingerprint density at radius 1 is 1.43 bits per heavy atom. The van der Waals surface area contributed by atoms with Gasteiger partial charge in [-0.05, 0) is 25.8 Å². The third-order valence-corrected chi connectivity index (χ3v) is 2.44. The van der Waals surface area contributed by atoms with Gasteiger partial charge in [-0.25, -0.2) is 0 Å². The first-order chi connectivity index (χ1) is 6.32. The van der Waals surface area contributed by atoms with Crippen LogP contribution in [0, 0.1) is 0 Å². The number of halogens is 1. The van der Waals surface area contributed by atoms with Crippen LogP contribution in [0.5, 0.6) is 0 Å². The van der Waals surface area contributed by atoms with Gasteiger partial charge in [0.25, 0.3) is 0 Å². The van der Waals surface area contributed by atoms with Crippen molar-refractivity contribution < 1.29 is 5.11 Å². The Kier molecular flexibility index (Phi) is 3.17. The van der Waals surface area contributed by atoms with Gasteiger partial charge < -0.3 is 5.11 Å². The molecule has 1 N–H and O–H groups in total. The molecule has 14 heavy (non-hydrogen) atoms. The predicted octanol–water partition coefficient (Wildman–Crippen LogP) is 3.09. The minimum Gasteiger partial charge on any atom is -0.386 e. The molecule has 0 aliphatic rings. The van der Waals surface area contributed by atoms with Crippen molar-refractivity contribution in [2.24, 2.45) is 0 Å². The molecule has 0 fully saturated rings. The molecular weight excluding hydrogens is 198 g/mol. The molecule has 1 heterocycles. The van der Waals surface area contributed by atoms with Crippen LogP contribution in [-0.2, 0) is 5.60 Å². The molecular formula is C11H16ClNO. The predicted molar refractivity (Wildman–Crippen MR) is 58.6 cm³/mol. The molecule has 0 spiro atoms. The van der Waals surface area contributed by atoms with E-state index in [-0.39, 0.29) is 0 Å². The third kappa shape index (κ3) is 2.46. The molecule has 0 aliphatic carbocycles. The lowest BCUT2D eigenvalue weighted by atomic mass is 9.99. The minimum absolute atomic E-state index is 0.350. The molecule has 0 saturated carbocycles. The molecule has 2 nitrogen and oxygen atoms in total. The highest BCUT2D eigenvalue weighted by atomic mass is 35.5. The monoisotopic (exact) mass is 213 g/mol. The summed E-state index contributed by atoms with van der Waals surface area (Å²) in [7, 11) is 0. The van der Waals surface area contributed by atoms with E-state index < -0.39 is 5.60 Å². The first-order valence-corrected chi connectivity index (χ1v) is 5.08. The number of pyridine rings is 1. The van der Waals surface area contributed by atoms with Crippen molar-refractivity contribution in [2.45, 2.75) is 39.2 Å². The normalized spacial score (nSPS) is 12.2. The van der Waals surface area contributed by atoms with E-state index in [1.807, 2.05) is 6.07 Å². The standard InChI is InChI=1S/C11H16ClNO/c1-7(2)10-5-9(12)8(6-13-10)11(3,4)14/h5-7,14H,1-4H3. The van der Waals surface area contributed by atoms with Gasteiger partial charge in [0.15, 0.2) is 0 Å². The van der Waals surface area contributed by atoms with Crippen molar-refractivity contribution >= 4 is 11.6 Å². The summed E-state index contributed by atoms with van der Waals surface area (Å²) in [6.07, 6.45) is 1.65. The average Bonchev–Trinajstić information content (AvgIpc) is 2.01. The van der Waals surface area contributed by atoms with Crippen molar-refractivity contribution in [3.8, 4) is 0 Å². The van der Waals surface area contributed by atoms with Crippen LogP contribution >= 0.6 is 11.6 Å². The number of hydrogen-bond donors (Lipinski definition) is 1. The van der Waals surface area contributed by atoms with Crippen LogP contribution in [0.15, 0.2) is 12.3 Å². The molecule has 0 aliphatic heterocycles. The van der Waals surface area contributed by atoms with Gasteiger partial charge in [-0.1, -0.05) is 25.4 Å². The molecule has 1 aromatic rings. The molecule has 0 radical (unpaired) electrons. The fourth-order valence-corrected chi connectivity index (χ4v) is 1.60. The van der Waals surface area contributed by atoms with Crippen LogP contribution in [0.1, 0.15) is 44.9 Å². The molecule has 0 unspecified atom stereocenters. The van der Waals surface area contributed by atoms with E-state index in [2.05, 4.69) is 18.8 Å². The Hall–Kier alpha value is -0.600. The summed E-state index contributed by atoms with van der Waals surface area (Å²) in [5, 5.41) is 10.4. The Labute approximate surface area is 89.9 Å². The van der Waals surface area contributed by atoms with E-state index in [0.717, 1.165) is 5.69 Å². The molecule has 1 rings (SSSR count). The van der Waals surface area contributed by atoms with Crippen LogP contribution in [0.3, 0.4) is 0 Å². The highest BCUT2D eigenvalue weighted by molar-refractivity contribution is 6.31. The summed E-state index contributed by atoms with van der Waals surface area (Å²) in [6, 6.07) is 1.82. The molecule has 0 atom stereocenters. The number of aliphatic hydroxyl groups is 1. The average molecular weight is 214 g/mol. The zero-order valence-electron chi connectivity index (χ0n) is 9.00. The van der Waals surface area contributed by atoms with Crippen molar-refractivity contribution in [1.82, 2.24) is 4.98 Å². The van der Waals surface area contributed by atoms with Crippen LogP contribution < -0.4 is 0 Å². The molecule has 0 aromatic carbocycles. The van der Waals surface area contributed by atoms with E-state index >= 15 is 0 Å². The Bertz CT molecular complexity index is 329. The number of aromatic nitrogens is 1. The van der Waals surface area contributed by atoms with Crippen LogP contribution in [0.4, 0.5) is 0 Å². The smallest absolute Gasteiger partial charge is 0.0869 e. The molecule has 0 saturated heterocycles. The summed E-state index contributed by atoms with van der Waals surface area (Å²) in [5.41, 5.74) is 0.686. The molecule has 3 heteroatoms. The second-order valence-electron chi connectivity index (χ2n) is 4.30. The van der Waals surface area contributed by atoms with Gasteiger partial charge in [0.2, 0.25) is 0 Å². The lowest BCUT2D eigenvalue weighted by Gasteiger charge is -2.19. The van der Waals surface area contributed by atoms with Gasteiger partial charge in [0.05, 0.1) is 5.60 Å². The third-order valence-electron chi connectivity index (χ3n) is 2.13. The van der Waals surface area contributed by atoms with Crippen LogP contribution in [0.2, 0.25) is 5.02 Å². The summed E-state index contributed by atoms with van der Waals surface area (Å²) in [4.78, 5) is 4.26. The number of rotatable bonds is 2. The van der Waals surface area contributed by atoms with Crippen LogP contribution in [0.25, 0.3) is 0 Å². The maximum Gasteiger partial charge on any atom is 0.0869 e. The fourth-order valence-electron chi connectivity index (χ4n) is 1.21. The van der Waals surface area contributed by atoms with Gasteiger partial charge >= 0.3 is 0 Å². The highest BCUT2D eigenvalue weighted by Crippen LogP contribution is 2.28. The highest BCUT2D eigenvalue weighted by Gasteiger charge is 2.20. The topological polar surface area (TPSA) is 33.1 Å². The summed E-state index contributed by atoms with van der Waals surface area (Å²) in [6.45, 7) is 7.51. The molecule has 78 valence electrons. The minimum atomic E-state index is -0.931. The van der Waals surface area contributed by atoms with Crippen molar-refractivity contribution in [3.63, 3.8) is 0 Å². The SMILES string of the molecule is CC(C)c1cc(Cl)c(C(C)(C)O)cn1. The van der Waals surface area contributed by atoms with Crippen molar-refractivity contribution in [3.05, 3.63) is 28.5 Å². The first-order valence-electron chi connectivity index (χ1n) is 4.70. The molecule has 0 amide bonds. The van der Waals surface area contributed by atoms with E-state index in [9.17, 15) is 5.11 Å². The quantitative estimate of drug-likeness (QED) is 0.819. The first kappa shape index (κ1) is 11.5. The van der Waals surface area contributed by atoms with Gasteiger partial charge in [-0.2, -0.15) is 0 Å². The maximum atomic E-state index is 9.77. The second kappa shape index (κ2) is 3.87. The number of nitrogens with zero attached hydrogens (tertiary/aromatic N) is 1. The second-order valence-corrected chi connectivity index (χ2v) is 4.71. The number of hydrogen-bond acceptors (Lipinski definition) is 2. The lowest BCUT2D eigenvalue weighted by Crippen LogP contribution is -2.16. The zero-order chi connectivity index (χ0) is 10.9. The van der Waals surface area contributed by atoms with Crippen molar-refractivity contribution in [1.29, 1.82) is 0 Å². The summed E-state index contributed by atoms with van der Waals surface area (Å²) in [5.74, 6) is 0.350. The lowest BCUT2D eigenvalue weighted by molar-refractivity contribution is 0.0783. The van der Waals surface area contributed by atoms with E-state index in [0.29, 0.717) is 16.5 Å².